The molecule has 0 atom stereocenters. The summed E-state index contributed by atoms with van der Waals surface area (Å²) >= 11 is 0. The van der Waals surface area contributed by atoms with Crippen LogP contribution in [0.1, 0.15) is 27.7 Å². The van der Waals surface area contributed by atoms with Crippen molar-refractivity contribution < 1.29 is 4.92 Å². The van der Waals surface area contributed by atoms with Crippen LogP contribution in [0.2, 0.25) is 0 Å². The van der Waals surface area contributed by atoms with Gasteiger partial charge in [-0.1, -0.05) is 84.4 Å². The van der Waals surface area contributed by atoms with Crippen LogP contribution in [-0.4, -0.2) is 4.92 Å². The molecule has 108 valence electrons. The zero-order chi connectivity index (χ0) is 16.1. The Hall–Kier alpha value is -2.16. The second-order valence-corrected chi connectivity index (χ2v) is 2.14. The minimum atomic E-state index is -0.519. The molecule has 0 heterocycles. The molecular formula is C16H27NO2. The monoisotopic (exact) mass is 265 g/mol. The topological polar surface area (TPSA) is 43.1 Å². The summed E-state index contributed by atoms with van der Waals surface area (Å²) in [5, 5.41) is 9.94. The van der Waals surface area contributed by atoms with Crippen LogP contribution in [0.4, 0.5) is 0 Å². The van der Waals surface area contributed by atoms with Crippen LogP contribution in [0.3, 0.4) is 0 Å². The van der Waals surface area contributed by atoms with Crippen LogP contribution in [0.15, 0.2) is 74.5 Å². The van der Waals surface area contributed by atoms with Gasteiger partial charge in [-0.3, -0.25) is 10.1 Å². The molecule has 0 aromatic heterocycles. The highest BCUT2D eigenvalue weighted by Crippen LogP contribution is 1.94. The Morgan fingerprint density at radius 1 is 0.895 bits per heavy atom. The Labute approximate surface area is 118 Å². The summed E-state index contributed by atoms with van der Waals surface area (Å²) in [6.45, 7) is 21.5. The van der Waals surface area contributed by atoms with Crippen molar-refractivity contribution in [3.8, 4) is 0 Å². The molecule has 0 aliphatic rings. The standard InChI is InChI=1S/C6H7NO2.C6H8.2C2H6/c1-3-5-6(4-2)7(8)9;1-3-5-6-4-2;2*1-2/h3-5H,1-2H2;3-6H,1-2H2;2*1-2H3/b6-5+;6-5-;;. The van der Waals surface area contributed by atoms with E-state index in [9.17, 15) is 10.1 Å². The van der Waals surface area contributed by atoms with Gasteiger partial charge in [-0.25, -0.2) is 0 Å². The first kappa shape index (κ1) is 25.6. The molecule has 19 heavy (non-hydrogen) atoms. The third-order valence-corrected chi connectivity index (χ3v) is 1.09. The Bertz CT molecular complexity index is 290. The van der Waals surface area contributed by atoms with Gasteiger partial charge in [0, 0.05) is 12.2 Å². The molecular weight excluding hydrogens is 238 g/mol. The van der Waals surface area contributed by atoms with Gasteiger partial charge < -0.3 is 0 Å². The molecule has 0 saturated carbocycles. The molecule has 0 aliphatic heterocycles. The van der Waals surface area contributed by atoms with Crippen molar-refractivity contribution in [3.63, 3.8) is 0 Å². The van der Waals surface area contributed by atoms with E-state index in [4.69, 9.17) is 0 Å². The van der Waals surface area contributed by atoms with Crippen molar-refractivity contribution in [2.75, 3.05) is 0 Å². The van der Waals surface area contributed by atoms with Crippen LogP contribution in [-0.2, 0) is 0 Å². The molecule has 0 bridgehead atoms. The van der Waals surface area contributed by atoms with Gasteiger partial charge in [0.05, 0.1) is 4.92 Å². The maximum atomic E-state index is 9.94. The molecule has 0 aliphatic carbocycles. The van der Waals surface area contributed by atoms with E-state index in [2.05, 4.69) is 26.3 Å². The van der Waals surface area contributed by atoms with Crippen molar-refractivity contribution in [2.24, 2.45) is 0 Å². The predicted octanol–water partition coefficient (Wildman–Crippen LogP) is 5.49. The molecule has 0 spiro atoms. The van der Waals surface area contributed by atoms with Gasteiger partial charge in [0.1, 0.15) is 0 Å². The van der Waals surface area contributed by atoms with Gasteiger partial charge in [0.15, 0.2) is 0 Å². The van der Waals surface area contributed by atoms with Crippen LogP contribution >= 0.6 is 0 Å². The lowest BCUT2D eigenvalue weighted by Gasteiger charge is -1.84. The summed E-state index contributed by atoms with van der Waals surface area (Å²) in [7, 11) is 0. The van der Waals surface area contributed by atoms with Crippen molar-refractivity contribution in [2.45, 2.75) is 27.7 Å². The third kappa shape index (κ3) is 31.3. The molecule has 0 aromatic rings. The molecule has 3 heteroatoms. The zero-order valence-electron chi connectivity index (χ0n) is 12.6. The third-order valence-electron chi connectivity index (χ3n) is 1.09. The molecule has 0 amide bonds. The van der Waals surface area contributed by atoms with E-state index in [-0.39, 0.29) is 5.70 Å². The summed E-state index contributed by atoms with van der Waals surface area (Å²) in [6, 6.07) is 0. The van der Waals surface area contributed by atoms with Crippen LogP contribution in [0.25, 0.3) is 0 Å². The van der Waals surface area contributed by atoms with E-state index in [1.165, 1.54) is 18.2 Å². The first-order valence-electron chi connectivity index (χ1n) is 6.13. The number of hydrogen-bond donors (Lipinski definition) is 0. The van der Waals surface area contributed by atoms with E-state index >= 15 is 0 Å². The van der Waals surface area contributed by atoms with Gasteiger partial charge in [0.25, 0.3) is 5.70 Å². The minimum absolute atomic E-state index is 0.0370. The van der Waals surface area contributed by atoms with Gasteiger partial charge in [0.2, 0.25) is 0 Å². The molecule has 0 N–H and O–H groups in total. The highest BCUT2D eigenvalue weighted by Gasteiger charge is 1.99. The van der Waals surface area contributed by atoms with Gasteiger partial charge in [-0.2, -0.15) is 0 Å². The van der Waals surface area contributed by atoms with E-state index in [0.717, 1.165) is 0 Å². The normalized spacial score (nSPS) is 8.32. The van der Waals surface area contributed by atoms with Gasteiger partial charge >= 0.3 is 0 Å². The lowest BCUT2D eigenvalue weighted by Crippen LogP contribution is -1.93. The zero-order valence-corrected chi connectivity index (χ0v) is 12.6. The Balaban J connectivity index is -0.0000000977. The summed E-state index contributed by atoms with van der Waals surface area (Å²) < 4.78 is 0. The van der Waals surface area contributed by atoms with Gasteiger partial charge in [-0.15, -0.1) is 0 Å². The number of allylic oxidation sites excluding steroid dienone is 7. The summed E-state index contributed by atoms with van der Waals surface area (Å²) in [6.07, 6.45) is 10.9. The van der Waals surface area contributed by atoms with Crippen LogP contribution < -0.4 is 0 Å². The smallest absolute Gasteiger partial charge is 0.258 e. The van der Waals surface area contributed by atoms with Crippen LogP contribution in [0.5, 0.6) is 0 Å². The van der Waals surface area contributed by atoms with E-state index in [0.29, 0.717) is 0 Å². The molecule has 0 saturated heterocycles. The quantitative estimate of drug-likeness (QED) is 0.375. The lowest BCUT2D eigenvalue weighted by molar-refractivity contribution is -0.418. The Kier molecular flexibility index (Phi) is 40.0. The number of nitrogens with zero attached hydrogens (tertiary/aromatic N) is 1. The molecule has 0 fully saturated rings. The fourth-order valence-electron chi connectivity index (χ4n) is 0.481. The number of nitro groups is 1. The first-order valence-corrected chi connectivity index (χ1v) is 6.13. The average molecular weight is 265 g/mol. The van der Waals surface area contributed by atoms with Crippen molar-refractivity contribution in [1.29, 1.82) is 0 Å². The van der Waals surface area contributed by atoms with E-state index in [1.807, 2.05) is 39.8 Å². The fourth-order valence-corrected chi connectivity index (χ4v) is 0.481. The maximum absolute atomic E-state index is 9.94. The summed E-state index contributed by atoms with van der Waals surface area (Å²) in [5.74, 6) is 0. The molecule has 0 radical (unpaired) electrons. The van der Waals surface area contributed by atoms with Crippen LogP contribution in [0, 0.1) is 10.1 Å². The minimum Gasteiger partial charge on any atom is -0.258 e. The largest absolute Gasteiger partial charge is 0.268 e. The second kappa shape index (κ2) is 29.7. The van der Waals surface area contributed by atoms with Crippen molar-refractivity contribution in [3.05, 3.63) is 84.7 Å². The molecule has 0 rings (SSSR count). The highest BCUT2D eigenvalue weighted by molar-refractivity contribution is 5.13. The summed E-state index contributed by atoms with van der Waals surface area (Å²) in [5.41, 5.74) is -0.0370. The molecule has 0 unspecified atom stereocenters. The van der Waals surface area contributed by atoms with E-state index in [1.54, 1.807) is 12.2 Å². The fraction of sp³-hybridized carbons (Fsp3) is 0.250. The molecule has 3 nitrogen and oxygen atoms in total. The second-order valence-electron chi connectivity index (χ2n) is 2.14. The number of rotatable bonds is 5. The Morgan fingerprint density at radius 3 is 1.37 bits per heavy atom. The SMILES string of the molecule is C=C/C=C(\C=C)[N+](=O)[O-].C=C/C=C\C=C.CC.CC. The summed E-state index contributed by atoms with van der Waals surface area (Å²) in [4.78, 5) is 9.42. The van der Waals surface area contributed by atoms with Crippen molar-refractivity contribution >= 4 is 0 Å². The lowest BCUT2D eigenvalue weighted by atomic mass is 10.4. The van der Waals surface area contributed by atoms with Gasteiger partial charge in [-0.05, 0) is 0 Å². The highest BCUT2D eigenvalue weighted by atomic mass is 16.6. The predicted molar refractivity (Wildman–Crippen MR) is 87.7 cm³/mol. The first-order chi connectivity index (χ1) is 9.13. The maximum Gasteiger partial charge on any atom is 0.268 e. The number of hydrogen-bond acceptors (Lipinski definition) is 2. The molecule has 0 aromatic carbocycles. The Morgan fingerprint density at radius 2 is 1.26 bits per heavy atom. The average Bonchev–Trinajstić information content (AvgIpc) is 2.47. The van der Waals surface area contributed by atoms with Crippen molar-refractivity contribution in [1.82, 2.24) is 0 Å². The van der Waals surface area contributed by atoms with E-state index < -0.39 is 4.92 Å².